The molecule has 0 saturated heterocycles. The van der Waals surface area contributed by atoms with Crippen LogP contribution in [0.5, 0.6) is 11.5 Å². The standard InChI is InChI=1S/C20H16ClN3O7S/c21-13-4-3-5-14(10-13)23-32(29,30)15-8-9-18(25)16(11-15)22-20(26)12-31-19-7-2-1-6-17(19)24(27)28/h1-11,23,25H,12H2,(H,22,26). The van der Waals surface area contributed by atoms with Crippen molar-refractivity contribution >= 4 is 44.6 Å². The van der Waals surface area contributed by atoms with E-state index in [9.17, 15) is 28.4 Å². The number of hydrogen-bond donors (Lipinski definition) is 3. The number of nitrogens with zero attached hydrogens (tertiary/aromatic N) is 1. The van der Waals surface area contributed by atoms with Gasteiger partial charge in [0.15, 0.2) is 12.4 Å². The van der Waals surface area contributed by atoms with Crippen LogP contribution >= 0.6 is 11.6 Å². The normalized spacial score (nSPS) is 10.9. The summed E-state index contributed by atoms with van der Waals surface area (Å²) in [5.74, 6) is -1.26. The van der Waals surface area contributed by atoms with Gasteiger partial charge in [0, 0.05) is 11.1 Å². The molecule has 0 aliphatic heterocycles. The maximum absolute atomic E-state index is 12.6. The van der Waals surface area contributed by atoms with Crippen LogP contribution < -0.4 is 14.8 Å². The van der Waals surface area contributed by atoms with Gasteiger partial charge >= 0.3 is 5.69 Å². The van der Waals surface area contributed by atoms with E-state index in [1.165, 1.54) is 36.4 Å². The Morgan fingerprint density at radius 1 is 1.09 bits per heavy atom. The number of phenolic OH excluding ortho intramolecular Hbond substituents is 1. The highest BCUT2D eigenvalue weighted by Gasteiger charge is 2.19. The van der Waals surface area contributed by atoms with Crippen LogP contribution in [0, 0.1) is 10.1 Å². The van der Waals surface area contributed by atoms with Gasteiger partial charge in [0.1, 0.15) is 5.75 Å². The lowest BCUT2D eigenvalue weighted by molar-refractivity contribution is -0.385. The number of phenols is 1. The second-order valence-corrected chi connectivity index (χ2v) is 8.48. The van der Waals surface area contributed by atoms with Gasteiger partial charge in [-0.25, -0.2) is 8.42 Å². The van der Waals surface area contributed by atoms with Crippen molar-refractivity contribution in [3.05, 3.63) is 81.9 Å². The molecule has 0 fully saturated rings. The van der Waals surface area contributed by atoms with Crippen molar-refractivity contribution in [3.63, 3.8) is 0 Å². The first-order chi connectivity index (χ1) is 15.2. The molecule has 0 spiro atoms. The molecule has 10 nitrogen and oxygen atoms in total. The van der Waals surface area contributed by atoms with Crippen LogP contribution in [0.4, 0.5) is 17.1 Å². The summed E-state index contributed by atoms with van der Waals surface area (Å²) >= 11 is 5.86. The minimum atomic E-state index is -4.05. The molecule has 0 aliphatic carbocycles. The van der Waals surface area contributed by atoms with Crippen LogP contribution in [-0.4, -0.2) is 31.0 Å². The van der Waals surface area contributed by atoms with Crippen molar-refractivity contribution in [2.45, 2.75) is 4.90 Å². The smallest absolute Gasteiger partial charge is 0.310 e. The molecular formula is C20H16ClN3O7S. The molecule has 0 bridgehead atoms. The fraction of sp³-hybridized carbons (Fsp3) is 0.0500. The van der Waals surface area contributed by atoms with E-state index < -0.39 is 27.5 Å². The SMILES string of the molecule is O=C(COc1ccccc1[N+](=O)[O-])Nc1cc(S(=O)(=O)Nc2cccc(Cl)c2)ccc1O. The number of anilines is 2. The van der Waals surface area contributed by atoms with E-state index in [4.69, 9.17) is 16.3 Å². The first kappa shape index (κ1) is 22.8. The van der Waals surface area contributed by atoms with Crippen LogP contribution in [0.3, 0.4) is 0 Å². The van der Waals surface area contributed by atoms with Crippen LogP contribution in [0.25, 0.3) is 0 Å². The molecule has 0 radical (unpaired) electrons. The minimum Gasteiger partial charge on any atom is -0.506 e. The number of benzene rings is 3. The molecule has 0 saturated carbocycles. The third-order valence-corrected chi connectivity index (χ3v) is 5.66. The Labute approximate surface area is 187 Å². The number of carbonyl (C=O) groups excluding carboxylic acids is 1. The number of halogens is 1. The van der Waals surface area contributed by atoms with Gasteiger partial charge in [-0.15, -0.1) is 0 Å². The first-order valence-corrected chi connectivity index (χ1v) is 10.8. The Bertz CT molecular complexity index is 1280. The Balaban J connectivity index is 1.73. The molecular weight excluding hydrogens is 462 g/mol. The van der Waals surface area contributed by atoms with Crippen molar-refractivity contribution in [1.82, 2.24) is 0 Å². The molecule has 3 N–H and O–H groups in total. The fourth-order valence-corrected chi connectivity index (χ4v) is 3.87. The monoisotopic (exact) mass is 477 g/mol. The molecule has 0 heterocycles. The van der Waals surface area contributed by atoms with Gasteiger partial charge in [-0.2, -0.15) is 0 Å². The number of hydrogen-bond acceptors (Lipinski definition) is 7. The lowest BCUT2D eigenvalue weighted by Gasteiger charge is -2.12. The number of para-hydroxylation sites is 2. The third-order valence-electron chi connectivity index (χ3n) is 4.05. The van der Waals surface area contributed by atoms with Crippen LogP contribution in [0.2, 0.25) is 5.02 Å². The van der Waals surface area contributed by atoms with Gasteiger partial charge in [0.2, 0.25) is 0 Å². The second-order valence-electron chi connectivity index (χ2n) is 6.36. The van der Waals surface area contributed by atoms with Crippen LogP contribution in [0.1, 0.15) is 0 Å². The maximum atomic E-state index is 12.6. The molecule has 166 valence electrons. The third kappa shape index (κ3) is 5.65. The summed E-state index contributed by atoms with van der Waals surface area (Å²) in [7, 11) is -4.05. The summed E-state index contributed by atoms with van der Waals surface area (Å²) in [6.07, 6.45) is 0. The Morgan fingerprint density at radius 3 is 2.56 bits per heavy atom. The quantitative estimate of drug-likeness (QED) is 0.254. The number of aromatic hydroxyl groups is 1. The lowest BCUT2D eigenvalue weighted by Crippen LogP contribution is -2.21. The van der Waals surface area contributed by atoms with E-state index in [1.807, 2.05) is 0 Å². The molecule has 0 unspecified atom stereocenters. The van der Waals surface area contributed by atoms with Gasteiger partial charge in [0.05, 0.1) is 21.2 Å². The van der Waals surface area contributed by atoms with E-state index in [1.54, 1.807) is 12.1 Å². The van der Waals surface area contributed by atoms with Crippen molar-refractivity contribution < 1.29 is 28.0 Å². The summed E-state index contributed by atoms with van der Waals surface area (Å²) in [6.45, 7) is -0.609. The highest BCUT2D eigenvalue weighted by molar-refractivity contribution is 7.92. The number of nitrogens with one attached hydrogen (secondary N) is 2. The average molecular weight is 478 g/mol. The Hall–Kier alpha value is -3.83. The van der Waals surface area contributed by atoms with E-state index in [0.717, 1.165) is 18.2 Å². The van der Waals surface area contributed by atoms with E-state index in [-0.39, 0.29) is 33.5 Å². The van der Waals surface area contributed by atoms with Gasteiger partial charge in [-0.1, -0.05) is 29.8 Å². The number of amides is 1. The van der Waals surface area contributed by atoms with Gasteiger partial charge < -0.3 is 15.2 Å². The van der Waals surface area contributed by atoms with E-state index >= 15 is 0 Å². The summed E-state index contributed by atoms with van der Waals surface area (Å²) < 4.78 is 32.8. The molecule has 32 heavy (non-hydrogen) atoms. The molecule has 3 aromatic carbocycles. The Morgan fingerprint density at radius 2 is 1.84 bits per heavy atom. The zero-order valence-corrected chi connectivity index (χ0v) is 17.8. The average Bonchev–Trinajstić information content (AvgIpc) is 2.73. The van der Waals surface area contributed by atoms with Crippen molar-refractivity contribution in [2.24, 2.45) is 0 Å². The van der Waals surface area contributed by atoms with Crippen molar-refractivity contribution in [3.8, 4) is 11.5 Å². The number of sulfonamides is 1. The molecule has 3 aromatic rings. The molecule has 3 rings (SSSR count). The van der Waals surface area contributed by atoms with E-state index in [0.29, 0.717) is 5.02 Å². The Kier molecular flexibility index (Phi) is 6.81. The summed E-state index contributed by atoms with van der Waals surface area (Å²) in [5.41, 5.74) is -0.271. The minimum absolute atomic E-state index is 0.112. The number of nitro groups is 1. The van der Waals surface area contributed by atoms with Crippen LogP contribution in [-0.2, 0) is 14.8 Å². The summed E-state index contributed by atoms with van der Waals surface area (Å²) in [6, 6.07) is 14.9. The summed E-state index contributed by atoms with van der Waals surface area (Å²) in [5, 5.41) is 23.7. The molecule has 0 atom stereocenters. The number of nitro benzene ring substituents is 1. The topological polar surface area (TPSA) is 148 Å². The second kappa shape index (κ2) is 9.54. The van der Waals surface area contributed by atoms with Gasteiger partial charge in [-0.05, 0) is 42.5 Å². The van der Waals surface area contributed by atoms with Crippen molar-refractivity contribution in [2.75, 3.05) is 16.6 Å². The first-order valence-electron chi connectivity index (χ1n) is 8.93. The summed E-state index contributed by atoms with van der Waals surface area (Å²) in [4.78, 5) is 22.3. The largest absolute Gasteiger partial charge is 0.506 e. The predicted molar refractivity (Wildman–Crippen MR) is 118 cm³/mol. The van der Waals surface area contributed by atoms with Crippen molar-refractivity contribution in [1.29, 1.82) is 0 Å². The molecule has 1 amide bonds. The number of carbonyl (C=O) groups is 1. The van der Waals surface area contributed by atoms with Gasteiger partial charge in [0.25, 0.3) is 15.9 Å². The van der Waals surface area contributed by atoms with Gasteiger partial charge in [-0.3, -0.25) is 19.6 Å². The zero-order chi connectivity index (χ0) is 23.3. The number of rotatable bonds is 8. The highest BCUT2D eigenvalue weighted by Crippen LogP contribution is 2.29. The number of ether oxygens (including phenoxy) is 1. The van der Waals surface area contributed by atoms with E-state index in [2.05, 4.69) is 10.0 Å². The molecule has 0 aliphatic rings. The lowest BCUT2D eigenvalue weighted by atomic mass is 10.3. The highest BCUT2D eigenvalue weighted by atomic mass is 35.5. The van der Waals surface area contributed by atoms with Crippen LogP contribution in [0.15, 0.2) is 71.6 Å². The maximum Gasteiger partial charge on any atom is 0.310 e. The molecule has 12 heteroatoms. The predicted octanol–water partition coefficient (Wildman–Crippen LogP) is 3.77. The zero-order valence-electron chi connectivity index (χ0n) is 16.2. The fourth-order valence-electron chi connectivity index (χ4n) is 2.61. The molecule has 0 aromatic heterocycles.